The van der Waals surface area contributed by atoms with Crippen molar-refractivity contribution in [3.63, 3.8) is 0 Å². The minimum atomic E-state index is 0.322. The third kappa shape index (κ3) is 2.39. The highest BCUT2D eigenvalue weighted by Crippen LogP contribution is 2.46. The second-order valence-electron chi connectivity index (χ2n) is 4.54. The highest BCUT2D eigenvalue weighted by molar-refractivity contribution is 8.00. The lowest BCUT2D eigenvalue weighted by Gasteiger charge is -2.33. The molecule has 2 unspecified atom stereocenters. The van der Waals surface area contributed by atoms with E-state index in [1.54, 1.807) is 0 Å². The van der Waals surface area contributed by atoms with Gasteiger partial charge in [-0.3, -0.25) is 0 Å². The Morgan fingerprint density at radius 1 is 1.38 bits per heavy atom. The zero-order valence-corrected chi connectivity index (χ0v) is 11.4. The molecule has 1 aliphatic heterocycles. The van der Waals surface area contributed by atoms with Crippen molar-refractivity contribution in [3.8, 4) is 0 Å². The molecule has 0 bridgehead atoms. The number of thioether (sulfide) groups is 1. The number of hydrogen-bond donors (Lipinski definition) is 1. The average molecular weight is 256 g/mol. The average Bonchev–Trinajstić information content (AvgIpc) is 2.70. The van der Waals surface area contributed by atoms with Crippen LogP contribution in [0.2, 0.25) is 5.02 Å². The molecule has 0 radical (unpaired) electrons. The third-order valence-corrected chi connectivity index (χ3v) is 5.20. The highest BCUT2D eigenvalue weighted by atomic mass is 35.5. The minimum absolute atomic E-state index is 0.322. The van der Waals surface area contributed by atoms with E-state index in [0.29, 0.717) is 10.8 Å². The van der Waals surface area contributed by atoms with E-state index in [0.717, 1.165) is 5.02 Å². The molecule has 88 valence electrons. The van der Waals surface area contributed by atoms with Crippen LogP contribution in [0.5, 0.6) is 0 Å². The first-order valence-electron chi connectivity index (χ1n) is 5.72. The van der Waals surface area contributed by atoms with Gasteiger partial charge in [0.1, 0.15) is 0 Å². The monoisotopic (exact) mass is 255 g/mol. The molecule has 2 rings (SSSR count). The lowest BCUT2D eigenvalue weighted by Crippen LogP contribution is -2.35. The van der Waals surface area contributed by atoms with Gasteiger partial charge in [-0.05, 0) is 50.3 Å². The molecule has 3 heteroatoms. The van der Waals surface area contributed by atoms with Gasteiger partial charge < -0.3 is 5.32 Å². The fourth-order valence-corrected chi connectivity index (χ4v) is 4.10. The minimum Gasteiger partial charge on any atom is -0.312 e. The van der Waals surface area contributed by atoms with E-state index in [-0.39, 0.29) is 0 Å². The first kappa shape index (κ1) is 12.3. The van der Waals surface area contributed by atoms with Gasteiger partial charge >= 0.3 is 0 Å². The fraction of sp³-hybridized carbons (Fsp3) is 0.538. The summed E-state index contributed by atoms with van der Waals surface area (Å²) in [6.07, 6.45) is 2.61. The van der Waals surface area contributed by atoms with Crippen LogP contribution >= 0.6 is 23.4 Å². The summed E-state index contributed by atoms with van der Waals surface area (Å²) in [5.74, 6) is 1.28. The SMILES string of the molecule is CNC(c1ccc(Cl)cc1)C1(C)CCCS1. The quantitative estimate of drug-likeness (QED) is 0.880. The van der Waals surface area contributed by atoms with Crippen molar-refractivity contribution in [3.05, 3.63) is 34.9 Å². The Balaban J connectivity index is 2.25. The molecule has 1 N–H and O–H groups in total. The van der Waals surface area contributed by atoms with Crippen molar-refractivity contribution in [1.82, 2.24) is 5.32 Å². The van der Waals surface area contributed by atoms with E-state index in [9.17, 15) is 0 Å². The van der Waals surface area contributed by atoms with Gasteiger partial charge in [-0.2, -0.15) is 11.8 Å². The summed E-state index contributed by atoms with van der Waals surface area (Å²) in [6, 6.07) is 8.63. The van der Waals surface area contributed by atoms with Crippen molar-refractivity contribution in [2.24, 2.45) is 0 Å². The van der Waals surface area contributed by atoms with E-state index >= 15 is 0 Å². The zero-order chi connectivity index (χ0) is 11.6. The van der Waals surface area contributed by atoms with E-state index in [2.05, 4.69) is 36.1 Å². The van der Waals surface area contributed by atoms with Gasteiger partial charge in [0.2, 0.25) is 0 Å². The topological polar surface area (TPSA) is 12.0 Å². The summed E-state index contributed by atoms with van der Waals surface area (Å²) >= 11 is 8.01. The van der Waals surface area contributed by atoms with Crippen LogP contribution in [0, 0.1) is 0 Å². The summed E-state index contributed by atoms with van der Waals surface area (Å²) < 4.78 is 0.322. The molecule has 1 aliphatic rings. The molecule has 0 aliphatic carbocycles. The Labute approximate surface area is 107 Å². The van der Waals surface area contributed by atoms with E-state index < -0.39 is 0 Å². The summed E-state index contributed by atoms with van der Waals surface area (Å²) in [5.41, 5.74) is 1.34. The van der Waals surface area contributed by atoms with Crippen molar-refractivity contribution in [1.29, 1.82) is 0 Å². The molecule has 1 aromatic carbocycles. The molecular formula is C13H18ClNS. The summed E-state index contributed by atoms with van der Waals surface area (Å²) in [4.78, 5) is 0. The Morgan fingerprint density at radius 3 is 2.56 bits per heavy atom. The maximum Gasteiger partial charge on any atom is 0.0464 e. The van der Waals surface area contributed by atoms with Crippen LogP contribution in [0.1, 0.15) is 31.4 Å². The molecular weight excluding hydrogens is 238 g/mol. The van der Waals surface area contributed by atoms with Crippen molar-refractivity contribution in [2.45, 2.75) is 30.6 Å². The van der Waals surface area contributed by atoms with Crippen LogP contribution in [-0.4, -0.2) is 17.5 Å². The lowest BCUT2D eigenvalue weighted by molar-refractivity contribution is 0.441. The van der Waals surface area contributed by atoms with Gasteiger partial charge in [0, 0.05) is 15.8 Å². The molecule has 1 fully saturated rings. The van der Waals surface area contributed by atoms with Crippen molar-refractivity contribution < 1.29 is 0 Å². The van der Waals surface area contributed by atoms with Crippen LogP contribution in [0.4, 0.5) is 0 Å². The summed E-state index contributed by atoms with van der Waals surface area (Å²) in [5, 5.41) is 4.26. The highest BCUT2D eigenvalue weighted by Gasteiger charge is 2.37. The molecule has 1 aromatic rings. The molecule has 1 nitrogen and oxygen atoms in total. The summed E-state index contributed by atoms with van der Waals surface area (Å²) in [7, 11) is 2.05. The zero-order valence-electron chi connectivity index (χ0n) is 9.79. The second-order valence-corrected chi connectivity index (χ2v) is 6.60. The molecule has 0 spiro atoms. The predicted octanol–water partition coefficient (Wildman–Crippen LogP) is 3.89. The largest absolute Gasteiger partial charge is 0.312 e. The van der Waals surface area contributed by atoms with Gasteiger partial charge in [-0.25, -0.2) is 0 Å². The molecule has 1 heterocycles. The molecule has 0 saturated carbocycles. The first-order chi connectivity index (χ1) is 7.65. The Hall–Kier alpha value is -0.180. The molecule has 16 heavy (non-hydrogen) atoms. The van der Waals surface area contributed by atoms with Gasteiger partial charge in [0.15, 0.2) is 0 Å². The lowest BCUT2D eigenvalue weighted by atomic mass is 9.90. The maximum absolute atomic E-state index is 5.93. The van der Waals surface area contributed by atoms with Crippen LogP contribution in [0.25, 0.3) is 0 Å². The van der Waals surface area contributed by atoms with E-state index in [4.69, 9.17) is 11.6 Å². The van der Waals surface area contributed by atoms with Crippen LogP contribution in [-0.2, 0) is 0 Å². The standard InChI is InChI=1S/C13H18ClNS/c1-13(8-3-9-16-13)12(15-2)10-4-6-11(14)7-5-10/h4-7,12,15H,3,8-9H2,1-2H3. The second kappa shape index (κ2) is 4.99. The van der Waals surface area contributed by atoms with Crippen molar-refractivity contribution >= 4 is 23.4 Å². The smallest absolute Gasteiger partial charge is 0.0464 e. The molecule has 0 aromatic heterocycles. The van der Waals surface area contributed by atoms with Gasteiger partial charge in [0.05, 0.1) is 0 Å². The Bertz CT molecular complexity index is 343. The van der Waals surface area contributed by atoms with Gasteiger partial charge in [-0.1, -0.05) is 23.7 Å². The molecule has 1 saturated heterocycles. The van der Waals surface area contributed by atoms with E-state index in [1.807, 2.05) is 19.2 Å². The fourth-order valence-electron chi connectivity index (χ4n) is 2.51. The Morgan fingerprint density at radius 2 is 2.06 bits per heavy atom. The maximum atomic E-state index is 5.93. The summed E-state index contributed by atoms with van der Waals surface area (Å²) in [6.45, 7) is 2.36. The normalized spacial score (nSPS) is 26.9. The Kier molecular flexibility index (Phi) is 3.83. The number of nitrogens with one attached hydrogen (secondary N) is 1. The molecule has 0 amide bonds. The van der Waals surface area contributed by atoms with Crippen molar-refractivity contribution in [2.75, 3.05) is 12.8 Å². The van der Waals surface area contributed by atoms with Crippen LogP contribution in [0.3, 0.4) is 0 Å². The number of benzene rings is 1. The first-order valence-corrected chi connectivity index (χ1v) is 7.09. The van der Waals surface area contributed by atoms with Gasteiger partial charge in [-0.15, -0.1) is 0 Å². The van der Waals surface area contributed by atoms with E-state index in [1.165, 1.54) is 24.2 Å². The van der Waals surface area contributed by atoms with Crippen LogP contribution < -0.4 is 5.32 Å². The number of halogens is 1. The van der Waals surface area contributed by atoms with Crippen LogP contribution in [0.15, 0.2) is 24.3 Å². The molecule has 2 atom stereocenters. The van der Waals surface area contributed by atoms with Gasteiger partial charge in [0.25, 0.3) is 0 Å². The third-order valence-electron chi connectivity index (χ3n) is 3.35. The number of hydrogen-bond acceptors (Lipinski definition) is 2. The predicted molar refractivity (Wildman–Crippen MR) is 73.3 cm³/mol. The number of rotatable bonds is 3.